The van der Waals surface area contributed by atoms with Gasteiger partial charge in [-0.3, -0.25) is 0 Å². The van der Waals surface area contributed by atoms with Crippen LogP contribution in [0.4, 0.5) is 12.6 Å². The zero-order valence-electron chi connectivity index (χ0n) is 7.75. The van der Waals surface area contributed by atoms with E-state index in [2.05, 4.69) is 4.52 Å². The maximum Gasteiger partial charge on any atom is 0.666 e. The molecule has 2 nitrogen and oxygen atoms in total. The minimum atomic E-state index is -3.46. The van der Waals surface area contributed by atoms with E-state index in [0.717, 1.165) is 12.8 Å². The second-order valence-corrected chi connectivity index (χ2v) is 4.69. The van der Waals surface area contributed by atoms with Crippen LogP contribution >= 0.6 is 16.9 Å². The molecule has 1 atom stereocenters. The molecule has 0 aliphatic rings. The molecule has 0 saturated heterocycles. The summed E-state index contributed by atoms with van der Waals surface area (Å²) in [5, 5.41) is 0. The van der Waals surface area contributed by atoms with Gasteiger partial charge in [0, 0.05) is 17.6 Å². The monoisotopic (exact) mass is 233 g/mol. The van der Waals surface area contributed by atoms with Gasteiger partial charge in [0.1, 0.15) is 0 Å². The molecule has 0 fully saturated rings. The lowest BCUT2D eigenvalue weighted by Gasteiger charge is -2.17. The minimum absolute atomic E-state index is 0.503. The Hall–Kier alpha value is 0.280. The Morgan fingerprint density at radius 2 is 1.69 bits per heavy atom. The summed E-state index contributed by atoms with van der Waals surface area (Å²) in [5.74, 6) is 0. The summed E-state index contributed by atoms with van der Waals surface area (Å²) in [6.45, 7) is 4.78. The maximum atomic E-state index is 13.1. The molecule has 0 heterocycles. The van der Waals surface area contributed by atoms with E-state index in [1.54, 1.807) is 0 Å². The van der Waals surface area contributed by atoms with Gasteiger partial charge in [0.25, 0.3) is 0 Å². The van der Waals surface area contributed by atoms with Crippen LogP contribution in [0.5, 0.6) is 0 Å². The summed E-state index contributed by atoms with van der Waals surface area (Å²) < 4.78 is 40.8. The highest BCUT2D eigenvalue weighted by molar-refractivity contribution is 7.55. The van der Waals surface area contributed by atoms with E-state index in [-0.39, 0.29) is 0 Å². The van der Waals surface area contributed by atoms with E-state index in [0.29, 0.717) is 13.1 Å². The maximum absolute atomic E-state index is 13.1. The van der Waals surface area contributed by atoms with Gasteiger partial charge in [-0.1, -0.05) is 13.8 Å². The van der Waals surface area contributed by atoms with Crippen LogP contribution in [-0.2, 0) is 0 Å². The van der Waals surface area contributed by atoms with Crippen molar-refractivity contribution in [1.29, 1.82) is 0 Å². The van der Waals surface area contributed by atoms with Crippen molar-refractivity contribution in [3.8, 4) is 0 Å². The Bertz CT molecular complexity index is 158. The van der Waals surface area contributed by atoms with Crippen LogP contribution in [-0.4, -0.2) is 17.8 Å². The van der Waals surface area contributed by atoms with E-state index in [1.165, 1.54) is 4.67 Å². The van der Waals surface area contributed by atoms with Gasteiger partial charge in [0.15, 0.2) is 0 Å². The standard InChI is InChI=1S/C6H14F3N2P2/c1-3-5-11(6-4-2)13(9)10-12(7)8/h3-6H2,1-2H3/q+1. The average molecular weight is 233 g/mol. The highest BCUT2D eigenvalue weighted by Crippen LogP contribution is 2.51. The van der Waals surface area contributed by atoms with Gasteiger partial charge in [-0.05, 0) is 12.8 Å². The third-order valence-electron chi connectivity index (χ3n) is 1.34. The average Bonchev–Trinajstić information content (AvgIpc) is 2.02. The van der Waals surface area contributed by atoms with Gasteiger partial charge in [0.2, 0.25) is 0 Å². The first-order valence-corrected chi connectivity index (χ1v) is 6.37. The Kier molecular flexibility index (Phi) is 7.83. The molecule has 78 valence electrons. The molecule has 7 heteroatoms. The number of nitrogens with zero attached hydrogens (tertiary/aromatic N) is 2. The molecule has 1 unspecified atom stereocenters. The van der Waals surface area contributed by atoms with E-state index in [4.69, 9.17) is 0 Å². The molecule has 0 bridgehead atoms. The van der Waals surface area contributed by atoms with Gasteiger partial charge < -0.3 is 0 Å². The van der Waals surface area contributed by atoms with Crippen molar-refractivity contribution in [2.24, 2.45) is 4.52 Å². The van der Waals surface area contributed by atoms with E-state index in [9.17, 15) is 12.6 Å². The largest absolute Gasteiger partial charge is 0.666 e. The molecular formula is C6H14F3N2P2+. The van der Waals surface area contributed by atoms with Crippen LogP contribution in [0.3, 0.4) is 0 Å². The highest BCUT2D eigenvalue weighted by Gasteiger charge is 2.24. The molecule has 0 aliphatic heterocycles. The van der Waals surface area contributed by atoms with E-state index in [1.807, 2.05) is 13.8 Å². The van der Waals surface area contributed by atoms with Gasteiger partial charge >= 0.3 is 16.9 Å². The SMILES string of the molecule is CCCN(CCC)P(F)N=[P+](F)F. The Morgan fingerprint density at radius 3 is 2.00 bits per heavy atom. The predicted octanol–water partition coefficient (Wildman–Crippen LogP) is 4.74. The summed E-state index contributed by atoms with van der Waals surface area (Å²) in [6, 6.07) is 0. The molecule has 0 radical (unpaired) electrons. The minimum Gasteiger partial charge on any atom is -0.234 e. The third kappa shape index (κ3) is 6.36. The first-order chi connectivity index (χ1) is 6.11. The predicted molar refractivity (Wildman–Crippen MR) is 51.7 cm³/mol. The lowest BCUT2D eigenvalue weighted by molar-refractivity contribution is 0.433. The van der Waals surface area contributed by atoms with Crippen LogP contribution in [0.25, 0.3) is 0 Å². The molecule has 0 aromatic heterocycles. The van der Waals surface area contributed by atoms with Gasteiger partial charge in [-0.25, -0.2) is 4.67 Å². The first kappa shape index (κ1) is 13.3. The van der Waals surface area contributed by atoms with Crippen molar-refractivity contribution in [2.75, 3.05) is 13.1 Å². The Labute approximate surface area is 79.2 Å². The molecule has 0 rings (SSSR count). The van der Waals surface area contributed by atoms with Crippen LogP contribution in [0.15, 0.2) is 4.52 Å². The molecule has 0 aromatic carbocycles. The molecule has 13 heavy (non-hydrogen) atoms. The third-order valence-corrected chi connectivity index (χ3v) is 3.34. The molecule has 0 saturated carbocycles. The summed E-state index contributed by atoms with van der Waals surface area (Å²) in [6.07, 6.45) is 1.52. The zero-order valence-corrected chi connectivity index (χ0v) is 9.54. The van der Waals surface area contributed by atoms with Crippen molar-refractivity contribution in [1.82, 2.24) is 4.67 Å². The summed E-state index contributed by atoms with van der Waals surface area (Å²) in [4.78, 5) is 0. The molecular weight excluding hydrogens is 219 g/mol. The van der Waals surface area contributed by atoms with Gasteiger partial charge in [-0.2, -0.15) is 4.20 Å². The quantitative estimate of drug-likeness (QED) is 0.605. The van der Waals surface area contributed by atoms with Crippen molar-refractivity contribution < 1.29 is 12.6 Å². The van der Waals surface area contributed by atoms with Crippen LogP contribution < -0.4 is 0 Å². The molecule has 0 N–H and O–H groups in total. The lowest BCUT2D eigenvalue weighted by Crippen LogP contribution is -2.17. The second-order valence-electron chi connectivity index (χ2n) is 2.50. The normalized spacial score (nSPS) is 13.1. The Morgan fingerprint density at radius 1 is 1.23 bits per heavy atom. The van der Waals surface area contributed by atoms with E-state index >= 15 is 0 Å². The second kappa shape index (κ2) is 7.66. The molecule has 0 amide bonds. The molecule has 0 aliphatic carbocycles. The summed E-state index contributed by atoms with van der Waals surface area (Å²) >= 11 is 0. The fourth-order valence-electron chi connectivity index (χ4n) is 0.905. The van der Waals surface area contributed by atoms with Crippen LogP contribution in [0.1, 0.15) is 26.7 Å². The smallest absolute Gasteiger partial charge is 0.234 e. The number of halogens is 3. The number of rotatable bonds is 6. The summed E-state index contributed by atoms with van der Waals surface area (Å²) in [7, 11) is -5.91. The van der Waals surface area contributed by atoms with Crippen molar-refractivity contribution in [2.45, 2.75) is 26.7 Å². The number of hydrogen-bond acceptors (Lipinski definition) is 2. The lowest BCUT2D eigenvalue weighted by atomic mass is 10.4. The summed E-state index contributed by atoms with van der Waals surface area (Å²) in [5.41, 5.74) is 0. The highest BCUT2D eigenvalue weighted by atomic mass is 31.2. The molecule has 0 aromatic rings. The molecule has 0 spiro atoms. The topological polar surface area (TPSA) is 15.6 Å². The fraction of sp³-hybridized carbons (Fsp3) is 1.00. The Balaban J connectivity index is 4.09. The zero-order chi connectivity index (χ0) is 10.3. The van der Waals surface area contributed by atoms with Gasteiger partial charge in [0.05, 0.1) is 8.39 Å². The van der Waals surface area contributed by atoms with Crippen molar-refractivity contribution >= 4 is 16.9 Å². The van der Waals surface area contributed by atoms with Crippen molar-refractivity contribution in [3.05, 3.63) is 0 Å². The number of hydrogen-bond donors (Lipinski definition) is 0. The van der Waals surface area contributed by atoms with Crippen LogP contribution in [0.2, 0.25) is 0 Å². The van der Waals surface area contributed by atoms with E-state index < -0.39 is 16.9 Å². The van der Waals surface area contributed by atoms with Gasteiger partial charge in [-0.15, -0.1) is 0 Å². The fourth-order valence-corrected chi connectivity index (χ4v) is 2.53. The van der Waals surface area contributed by atoms with Crippen molar-refractivity contribution in [3.63, 3.8) is 0 Å². The first-order valence-electron chi connectivity index (χ1n) is 4.15. The van der Waals surface area contributed by atoms with Crippen LogP contribution in [0, 0.1) is 0 Å².